The maximum atomic E-state index is 12.5. The molecule has 1 saturated heterocycles. The highest BCUT2D eigenvalue weighted by Gasteiger charge is 2.27. The van der Waals surface area contributed by atoms with Crippen molar-refractivity contribution in [1.82, 2.24) is 20.1 Å². The smallest absolute Gasteiger partial charge is 0.223 e. The summed E-state index contributed by atoms with van der Waals surface area (Å²) in [6.45, 7) is 1.96. The Morgan fingerprint density at radius 1 is 1.19 bits per heavy atom. The molecule has 0 aromatic carbocycles. The molecule has 0 N–H and O–H groups in total. The molecule has 144 valence electrons. The van der Waals surface area contributed by atoms with Gasteiger partial charge in [-0.2, -0.15) is 0 Å². The minimum Gasteiger partial charge on any atom is -0.425 e. The summed E-state index contributed by atoms with van der Waals surface area (Å²) in [6.07, 6.45) is 10.2. The molecule has 2 fully saturated rings. The molecule has 1 aliphatic heterocycles. The molecule has 7 heteroatoms. The van der Waals surface area contributed by atoms with Crippen LogP contribution in [0.2, 0.25) is 0 Å². The van der Waals surface area contributed by atoms with Gasteiger partial charge in [0.25, 0.3) is 0 Å². The number of hydrogen-bond acceptors (Lipinski definition) is 6. The fourth-order valence-electron chi connectivity index (χ4n) is 3.86. The molecule has 0 bridgehead atoms. The Morgan fingerprint density at radius 3 is 2.81 bits per heavy atom. The summed E-state index contributed by atoms with van der Waals surface area (Å²) in [5, 5.41) is 8.29. The van der Waals surface area contributed by atoms with Crippen LogP contribution in [0.25, 0.3) is 0 Å². The second-order valence-electron chi connectivity index (χ2n) is 7.43. The van der Waals surface area contributed by atoms with E-state index in [0.29, 0.717) is 37.8 Å². The maximum Gasteiger partial charge on any atom is 0.223 e. The average molecular weight is 370 g/mol. The number of likely N-dealkylation sites (tertiary alicyclic amines) is 1. The summed E-state index contributed by atoms with van der Waals surface area (Å²) >= 11 is 0. The van der Waals surface area contributed by atoms with Crippen molar-refractivity contribution < 1.29 is 13.9 Å². The third kappa shape index (κ3) is 4.71. The van der Waals surface area contributed by atoms with Crippen molar-refractivity contribution in [2.24, 2.45) is 0 Å². The molecule has 27 heavy (non-hydrogen) atoms. The van der Waals surface area contributed by atoms with Crippen LogP contribution in [0.4, 0.5) is 0 Å². The summed E-state index contributed by atoms with van der Waals surface area (Å²) in [6, 6.07) is 3.89. The van der Waals surface area contributed by atoms with E-state index in [9.17, 15) is 4.79 Å². The highest BCUT2D eigenvalue weighted by atomic mass is 16.5. The fourth-order valence-corrected chi connectivity index (χ4v) is 3.86. The first kappa shape index (κ1) is 18.1. The zero-order chi connectivity index (χ0) is 18.5. The van der Waals surface area contributed by atoms with Crippen molar-refractivity contribution in [1.29, 1.82) is 0 Å². The largest absolute Gasteiger partial charge is 0.425 e. The van der Waals surface area contributed by atoms with E-state index in [1.807, 2.05) is 17.0 Å². The maximum absolute atomic E-state index is 12.5. The Balaban J connectivity index is 1.20. The third-order valence-corrected chi connectivity index (χ3v) is 5.47. The number of carbonyl (C=O) groups excluding carboxylic acids is 1. The molecule has 1 atom stereocenters. The first-order chi connectivity index (χ1) is 13.3. The lowest BCUT2D eigenvalue weighted by Gasteiger charge is -2.16. The van der Waals surface area contributed by atoms with Gasteiger partial charge < -0.3 is 14.1 Å². The Kier molecular flexibility index (Phi) is 5.77. The van der Waals surface area contributed by atoms with E-state index in [-0.39, 0.29) is 12.0 Å². The van der Waals surface area contributed by atoms with Crippen LogP contribution in [0.15, 0.2) is 28.9 Å². The van der Waals surface area contributed by atoms with Crippen LogP contribution >= 0.6 is 0 Å². The van der Waals surface area contributed by atoms with Crippen molar-refractivity contribution >= 4 is 5.91 Å². The van der Waals surface area contributed by atoms with E-state index in [1.165, 1.54) is 12.8 Å². The average Bonchev–Trinajstić information content (AvgIpc) is 3.46. The molecule has 1 amide bonds. The van der Waals surface area contributed by atoms with Gasteiger partial charge in [-0.05, 0) is 37.0 Å². The summed E-state index contributed by atoms with van der Waals surface area (Å²) in [5.41, 5.74) is 1.10. The van der Waals surface area contributed by atoms with Crippen LogP contribution in [0, 0.1) is 0 Å². The molecule has 2 aromatic heterocycles. The molecule has 0 spiro atoms. The number of pyridine rings is 1. The second-order valence-corrected chi connectivity index (χ2v) is 7.43. The lowest BCUT2D eigenvalue weighted by atomic mass is 10.1. The Hall–Kier alpha value is -2.28. The minimum atomic E-state index is 0.0967. The molecular weight excluding hydrogens is 344 g/mol. The topological polar surface area (TPSA) is 81.4 Å². The Morgan fingerprint density at radius 2 is 2.00 bits per heavy atom. The number of carbonyl (C=O) groups is 1. The monoisotopic (exact) mass is 370 g/mol. The number of hydrogen-bond donors (Lipinski definition) is 0. The second kappa shape index (κ2) is 8.61. The zero-order valence-corrected chi connectivity index (χ0v) is 15.5. The first-order valence-electron chi connectivity index (χ1n) is 9.88. The third-order valence-electron chi connectivity index (χ3n) is 5.47. The highest BCUT2D eigenvalue weighted by Crippen LogP contribution is 2.33. The summed E-state index contributed by atoms with van der Waals surface area (Å²) in [7, 11) is 0. The first-order valence-corrected chi connectivity index (χ1v) is 9.88. The predicted octanol–water partition coefficient (Wildman–Crippen LogP) is 2.87. The Bertz CT molecular complexity index is 743. The minimum absolute atomic E-state index is 0.0967. The standard InChI is InChI=1S/C20H26N4O3/c25-19(6-5-18-22-23-20(27-18)16-3-1-2-4-16)24-12-9-17(13-24)26-14-15-7-10-21-11-8-15/h7-8,10-11,16-17H,1-6,9,12-14H2. The molecule has 2 aromatic rings. The molecule has 7 nitrogen and oxygen atoms in total. The van der Waals surface area contributed by atoms with Crippen molar-refractivity contribution in [3.8, 4) is 0 Å². The molecule has 1 aliphatic carbocycles. The van der Waals surface area contributed by atoms with E-state index >= 15 is 0 Å². The van der Waals surface area contributed by atoms with Gasteiger partial charge in [0.2, 0.25) is 17.7 Å². The van der Waals surface area contributed by atoms with E-state index in [1.54, 1.807) is 12.4 Å². The number of amides is 1. The van der Waals surface area contributed by atoms with Crippen molar-refractivity contribution in [3.63, 3.8) is 0 Å². The van der Waals surface area contributed by atoms with Gasteiger partial charge in [0.15, 0.2) is 0 Å². The van der Waals surface area contributed by atoms with Crippen LogP contribution in [-0.4, -0.2) is 45.2 Å². The van der Waals surface area contributed by atoms with Gasteiger partial charge in [-0.25, -0.2) is 0 Å². The quantitative estimate of drug-likeness (QED) is 0.745. The van der Waals surface area contributed by atoms with E-state index in [0.717, 1.165) is 37.3 Å². The van der Waals surface area contributed by atoms with Gasteiger partial charge >= 0.3 is 0 Å². The SMILES string of the molecule is O=C(CCc1nnc(C2CCCC2)o1)N1CCC(OCc2ccncc2)C1. The molecule has 1 saturated carbocycles. The summed E-state index contributed by atoms with van der Waals surface area (Å²) in [5.74, 6) is 1.88. The van der Waals surface area contributed by atoms with Crippen molar-refractivity contribution in [2.75, 3.05) is 13.1 Å². The number of nitrogens with zero attached hydrogens (tertiary/aromatic N) is 4. The van der Waals surface area contributed by atoms with Gasteiger partial charge in [0, 0.05) is 44.2 Å². The lowest BCUT2D eigenvalue weighted by molar-refractivity contribution is -0.130. The van der Waals surface area contributed by atoms with E-state index in [2.05, 4.69) is 15.2 Å². The van der Waals surface area contributed by atoms with E-state index in [4.69, 9.17) is 9.15 Å². The number of aromatic nitrogens is 3. The molecule has 1 unspecified atom stereocenters. The van der Waals surface area contributed by atoms with Gasteiger partial charge in [0.05, 0.1) is 12.7 Å². The lowest BCUT2D eigenvalue weighted by Crippen LogP contribution is -2.30. The summed E-state index contributed by atoms with van der Waals surface area (Å²) < 4.78 is 11.7. The fraction of sp³-hybridized carbons (Fsp3) is 0.600. The van der Waals surface area contributed by atoms with Crippen molar-refractivity contribution in [2.45, 2.75) is 63.6 Å². The van der Waals surface area contributed by atoms with Crippen LogP contribution in [0.3, 0.4) is 0 Å². The van der Waals surface area contributed by atoms with Crippen molar-refractivity contribution in [3.05, 3.63) is 41.9 Å². The molecular formula is C20H26N4O3. The number of aryl methyl sites for hydroxylation is 1. The molecule has 3 heterocycles. The van der Waals surface area contributed by atoms with Gasteiger partial charge in [-0.1, -0.05) is 12.8 Å². The van der Waals surface area contributed by atoms with Gasteiger partial charge in [-0.3, -0.25) is 9.78 Å². The molecule has 4 rings (SSSR count). The van der Waals surface area contributed by atoms with Crippen LogP contribution in [0.5, 0.6) is 0 Å². The Labute approximate surface area is 159 Å². The highest BCUT2D eigenvalue weighted by molar-refractivity contribution is 5.76. The number of rotatable bonds is 7. The van der Waals surface area contributed by atoms with Crippen LogP contribution < -0.4 is 0 Å². The van der Waals surface area contributed by atoms with Crippen LogP contribution in [-0.2, 0) is 22.6 Å². The number of ether oxygens (including phenoxy) is 1. The predicted molar refractivity (Wildman–Crippen MR) is 97.8 cm³/mol. The normalized spacial score (nSPS) is 20.4. The summed E-state index contributed by atoms with van der Waals surface area (Å²) in [4.78, 5) is 18.4. The van der Waals surface area contributed by atoms with Crippen LogP contribution in [0.1, 0.15) is 61.8 Å². The van der Waals surface area contributed by atoms with Gasteiger partial charge in [0.1, 0.15) is 0 Å². The molecule has 2 aliphatic rings. The molecule has 0 radical (unpaired) electrons. The van der Waals surface area contributed by atoms with E-state index < -0.39 is 0 Å². The van der Waals surface area contributed by atoms with Gasteiger partial charge in [-0.15, -0.1) is 10.2 Å². The zero-order valence-electron chi connectivity index (χ0n) is 15.5.